The first kappa shape index (κ1) is 18.4. The Morgan fingerprint density at radius 2 is 1.46 bits per heavy atom. The second-order valence-electron chi connectivity index (χ2n) is 8.34. The van der Waals surface area contributed by atoms with Crippen LogP contribution in [0.3, 0.4) is 0 Å². The van der Waals surface area contributed by atoms with Crippen LogP contribution < -0.4 is 0 Å². The second kappa shape index (κ2) is 6.42. The van der Waals surface area contributed by atoms with E-state index in [0.717, 1.165) is 29.4 Å². The van der Waals surface area contributed by atoms with Crippen molar-refractivity contribution < 1.29 is 6.53 Å². The minimum Gasteiger partial charge on any atom is -0.505 e. The summed E-state index contributed by atoms with van der Waals surface area (Å²) in [5, 5.41) is 20.3. The van der Waals surface area contributed by atoms with Crippen LogP contribution in [-0.4, -0.2) is 20.1 Å². The highest BCUT2D eigenvalue weighted by atomic mass is 16.3. The van der Waals surface area contributed by atoms with E-state index < -0.39 is 0 Å². The number of benzene rings is 2. The van der Waals surface area contributed by atoms with Crippen LogP contribution in [0.15, 0.2) is 36.4 Å². The third kappa shape index (κ3) is 3.09. The van der Waals surface area contributed by atoms with Crippen molar-refractivity contribution >= 4 is 11.0 Å². The Labute approximate surface area is 157 Å². The van der Waals surface area contributed by atoms with Gasteiger partial charge in [-0.15, -0.1) is 15.0 Å². The van der Waals surface area contributed by atoms with Gasteiger partial charge < -0.3 is 5.11 Å². The van der Waals surface area contributed by atoms with E-state index in [0.29, 0.717) is 5.69 Å². The molecule has 138 valence electrons. The molecule has 0 amide bonds. The zero-order chi connectivity index (χ0) is 19.1. The molecular weight excluding hydrogens is 322 g/mol. The maximum atomic E-state index is 11.1. The molecule has 0 fully saturated rings. The maximum absolute atomic E-state index is 11.1. The molecule has 0 atom stereocenters. The number of phenols is 1. The molecule has 0 saturated heterocycles. The van der Waals surface area contributed by atoms with Gasteiger partial charge in [0.1, 0.15) is 22.5 Å². The summed E-state index contributed by atoms with van der Waals surface area (Å²) in [6.45, 7) is 13.1. The number of hydrogen-bond acceptors (Lipinski definition) is 3. The Bertz CT molecular complexity index is 911. The van der Waals surface area contributed by atoms with Crippen LogP contribution in [0.2, 0.25) is 0 Å². The van der Waals surface area contributed by atoms with Gasteiger partial charge in [-0.1, -0.05) is 59.7 Å². The Morgan fingerprint density at radius 3 is 1.96 bits per heavy atom. The average molecular weight is 353 g/mol. The fourth-order valence-electron chi connectivity index (χ4n) is 3.04. The summed E-state index contributed by atoms with van der Waals surface area (Å²) in [6.07, 6.45) is 1.95. The predicted octanol–water partition coefficient (Wildman–Crippen LogP) is 5.61. The molecule has 2 aromatic carbocycles. The van der Waals surface area contributed by atoms with Gasteiger partial charge in [-0.2, -0.15) is 0 Å². The van der Waals surface area contributed by atoms with Gasteiger partial charge in [-0.3, -0.25) is 0 Å². The zero-order valence-corrected chi connectivity index (χ0v) is 16.7. The van der Waals surface area contributed by atoms with Gasteiger partial charge in [-0.05, 0) is 47.4 Å². The summed E-state index contributed by atoms with van der Waals surface area (Å²) in [4.78, 5) is 1.57. The van der Waals surface area contributed by atoms with Gasteiger partial charge in [0.15, 0.2) is 0 Å². The van der Waals surface area contributed by atoms with Crippen LogP contribution in [-0.2, 0) is 10.8 Å². The maximum Gasteiger partial charge on any atom is 1.00 e. The number of fused-ring (bicyclic) bond motifs is 1. The Balaban J connectivity index is 0.00000261. The fraction of sp³-hybridized carbons (Fsp3) is 0.455. The standard InChI is InChI=1S/C22H29N3O/c1-7-21(3,4)15-13-16(22(5,6)8-2)20(26)19(14-15)25-23-17-11-9-10-12-18(17)24-25/h9-14,26H,7-8H2,1-6H3/p+1. The lowest BCUT2D eigenvalue weighted by Crippen LogP contribution is -2.21. The van der Waals surface area contributed by atoms with E-state index in [1.165, 1.54) is 5.56 Å². The molecule has 26 heavy (non-hydrogen) atoms. The van der Waals surface area contributed by atoms with Gasteiger partial charge in [0.25, 0.3) is 0 Å². The van der Waals surface area contributed by atoms with Crippen LogP contribution in [0, 0.1) is 0 Å². The van der Waals surface area contributed by atoms with Gasteiger partial charge in [0.2, 0.25) is 0 Å². The third-order valence-electron chi connectivity index (χ3n) is 5.87. The van der Waals surface area contributed by atoms with Crippen LogP contribution >= 0.6 is 0 Å². The molecular formula is C22H30N3O+. The average Bonchev–Trinajstić information content (AvgIpc) is 3.05. The lowest BCUT2D eigenvalue weighted by atomic mass is 9.76. The van der Waals surface area contributed by atoms with E-state index >= 15 is 0 Å². The van der Waals surface area contributed by atoms with Gasteiger partial charge in [0.05, 0.1) is 0 Å². The highest BCUT2D eigenvalue weighted by Gasteiger charge is 2.29. The molecule has 4 nitrogen and oxygen atoms in total. The molecule has 4 heteroatoms. The molecule has 3 aromatic rings. The lowest BCUT2D eigenvalue weighted by Gasteiger charge is -2.30. The molecule has 3 rings (SSSR count). The van der Waals surface area contributed by atoms with Crippen molar-refractivity contribution in [2.75, 3.05) is 0 Å². The largest absolute Gasteiger partial charge is 1.00 e. The quantitative estimate of drug-likeness (QED) is 0.649. The number of phenolic OH excluding ortho intramolecular Hbond substituents is 1. The highest BCUT2D eigenvalue weighted by molar-refractivity contribution is 5.73. The Kier molecular flexibility index (Phi) is 4.55. The van der Waals surface area contributed by atoms with Crippen LogP contribution in [0.4, 0.5) is 0 Å². The summed E-state index contributed by atoms with van der Waals surface area (Å²) in [5.74, 6) is 0.271. The third-order valence-corrected chi connectivity index (χ3v) is 5.87. The van der Waals surface area contributed by atoms with E-state index in [1.807, 2.05) is 30.3 Å². The minimum atomic E-state index is -0.134. The first-order valence-electron chi connectivity index (χ1n) is 9.40. The monoisotopic (exact) mass is 352 g/mol. The van der Waals surface area contributed by atoms with Crippen molar-refractivity contribution in [3.05, 3.63) is 47.5 Å². The SMILES string of the molecule is CCC(C)(C)c1cc(-n2nc3ccccc3n2)c(O)c(C(C)(C)CC)c1.[H+]. The zero-order valence-electron chi connectivity index (χ0n) is 17.7. The van der Waals surface area contributed by atoms with Crippen molar-refractivity contribution in [3.63, 3.8) is 0 Å². The number of rotatable bonds is 5. The predicted molar refractivity (Wildman–Crippen MR) is 108 cm³/mol. The minimum absolute atomic E-state index is 0. The van der Waals surface area contributed by atoms with E-state index in [2.05, 4.69) is 57.8 Å². The summed E-state index contributed by atoms with van der Waals surface area (Å²) < 4.78 is 0. The van der Waals surface area contributed by atoms with E-state index in [-0.39, 0.29) is 18.0 Å². The van der Waals surface area contributed by atoms with E-state index in [1.54, 1.807) is 4.80 Å². The molecule has 0 unspecified atom stereocenters. The second-order valence-corrected chi connectivity index (χ2v) is 8.34. The highest BCUT2D eigenvalue weighted by Crippen LogP contribution is 2.41. The molecule has 0 saturated carbocycles. The first-order valence-corrected chi connectivity index (χ1v) is 9.40. The van der Waals surface area contributed by atoms with Crippen molar-refractivity contribution in [3.8, 4) is 11.4 Å². The Hall–Kier alpha value is -2.36. The number of aromatic nitrogens is 3. The first-order chi connectivity index (χ1) is 12.2. The topological polar surface area (TPSA) is 50.9 Å². The summed E-state index contributed by atoms with van der Waals surface area (Å²) in [6, 6.07) is 12.0. The lowest BCUT2D eigenvalue weighted by molar-refractivity contribution is 0.420. The van der Waals surface area contributed by atoms with E-state index in [9.17, 15) is 5.11 Å². The van der Waals surface area contributed by atoms with E-state index in [4.69, 9.17) is 0 Å². The van der Waals surface area contributed by atoms with Crippen LogP contribution in [0.5, 0.6) is 5.75 Å². The number of nitrogens with zero attached hydrogens (tertiary/aromatic N) is 3. The fourth-order valence-corrected chi connectivity index (χ4v) is 3.04. The molecule has 0 radical (unpaired) electrons. The van der Waals surface area contributed by atoms with Gasteiger partial charge in [-0.25, -0.2) is 0 Å². The molecule has 1 N–H and O–H groups in total. The van der Waals surface area contributed by atoms with Crippen LogP contribution in [0.1, 0.15) is 66.9 Å². The van der Waals surface area contributed by atoms with Crippen molar-refractivity contribution in [2.24, 2.45) is 0 Å². The summed E-state index contributed by atoms with van der Waals surface area (Å²) >= 11 is 0. The summed E-state index contributed by atoms with van der Waals surface area (Å²) in [5.41, 5.74) is 4.32. The van der Waals surface area contributed by atoms with Crippen molar-refractivity contribution in [1.82, 2.24) is 15.0 Å². The number of aromatic hydroxyl groups is 1. The van der Waals surface area contributed by atoms with Crippen molar-refractivity contribution in [2.45, 2.75) is 65.2 Å². The molecule has 0 aliphatic heterocycles. The molecule has 1 heterocycles. The summed E-state index contributed by atoms with van der Waals surface area (Å²) in [7, 11) is 0. The van der Waals surface area contributed by atoms with Gasteiger partial charge >= 0.3 is 1.43 Å². The number of hydrogen-bond donors (Lipinski definition) is 1. The molecule has 0 spiro atoms. The molecule has 1 aromatic heterocycles. The van der Waals surface area contributed by atoms with Crippen molar-refractivity contribution in [1.29, 1.82) is 0 Å². The Morgan fingerprint density at radius 1 is 0.923 bits per heavy atom. The van der Waals surface area contributed by atoms with Crippen LogP contribution in [0.25, 0.3) is 16.7 Å². The molecule has 0 aliphatic rings. The normalized spacial score (nSPS) is 12.7. The van der Waals surface area contributed by atoms with Gasteiger partial charge in [0, 0.05) is 5.56 Å². The molecule has 0 bridgehead atoms. The molecule has 0 aliphatic carbocycles. The smallest absolute Gasteiger partial charge is 0.505 e.